The van der Waals surface area contributed by atoms with Crippen molar-refractivity contribution in [3.8, 4) is 40.3 Å². The van der Waals surface area contributed by atoms with Gasteiger partial charge in [-0.15, -0.1) is 4.98 Å². The Morgan fingerprint density at radius 2 is 1.76 bits per heavy atom. The van der Waals surface area contributed by atoms with Gasteiger partial charge in [-0.25, -0.2) is 9.97 Å². The Kier molecular flexibility index (Phi) is 6.39. The van der Waals surface area contributed by atoms with Crippen LogP contribution in [0.5, 0.6) is 5.75 Å². The van der Waals surface area contributed by atoms with E-state index in [0.29, 0.717) is 44.2 Å². The molecule has 180 valence electrons. The van der Waals surface area contributed by atoms with Crippen molar-refractivity contribution in [3.63, 3.8) is 0 Å². The number of pyridine rings is 1. The third-order valence-corrected chi connectivity index (χ3v) is 6.37. The number of anilines is 1. The number of fused-ring (bicyclic) bond motifs is 1. The van der Waals surface area contributed by atoms with Gasteiger partial charge in [-0.3, -0.25) is 10.1 Å². The van der Waals surface area contributed by atoms with Crippen molar-refractivity contribution in [2.75, 3.05) is 12.4 Å². The van der Waals surface area contributed by atoms with Crippen LogP contribution in [0.15, 0.2) is 60.9 Å². The Morgan fingerprint density at radius 3 is 2.47 bits per heavy atom. The van der Waals surface area contributed by atoms with Crippen LogP contribution in [0, 0.1) is 29.2 Å². The first-order valence-corrected chi connectivity index (χ1v) is 11.8. The van der Waals surface area contributed by atoms with Crippen LogP contribution in [0.3, 0.4) is 0 Å². The van der Waals surface area contributed by atoms with E-state index in [-0.39, 0.29) is 16.5 Å². The molecule has 3 aromatic heterocycles. The molecule has 0 aliphatic carbocycles. The fraction of sp³-hybridized carbons (Fsp3) is 0.0370. The number of nitrogens with zero attached hydrogens (tertiary/aromatic N) is 7. The summed E-state index contributed by atoms with van der Waals surface area (Å²) in [4.78, 5) is 34.6. The fourth-order valence-corrected chi connectivity index (χ4v) is 4.48. The minimum Gasteiger partial charge on any atom is -0.496 e. The predicted octanol–water partition coefficient (Wildman–Crippen LogP) is 5.37. The number of aromatic nitrogens is 4. The number of carbonyl (C=O) groups excluding carboxylic acids is 1. The molecule has 3 heterocycles. The number of hydrogen-bond donors (Lipinski definition) is 1. The zero-order valence-electron chi connectivity index (χ0n) is 19.6. The number of methoxy groups -OCH3 is 1. The molecule has 0 bridgehead atoms. The van der Waals surface area contributed by atoms with Gasteiger partial charge in [0.05, 0.1) is 47.8 Å². The highest BCUT2D eigenvalue weighted by Gasteiger charge is 2.21. The highest BCUT2D eigenvalue weighted by molar-refractivity contribution is 7.21. The molecule has 10 nitrogen and oxygen atoms in total. The maximum absolute atomic E-state index is 13.4. The number of benzene rings is 2. The number of rotatable bonds is 5. The van der Waals surface area contributed by atoms with Gasteiger partial charge in [0.1, 0.15) is 11.9 Å². The Bertz CT molecular complexity index is 1840. The summed E-state index contributed by atoms with van der Waals surface area (Å²) in [6.07, 6.45) is 2.89. The lowest BCUT2D eigenvalue weighted by molar-refractivity contribution is 0.102. The second-order valence-electron chi connectivity index (χ2n) is 7.77. The van der Waals surface area contributed by atoms with Gasteiger partial charge in [0.2, 0.25) is 0 Å². The second-order valence-corrected chi connectivity index (χ2v) is 8.75. The number of carbonyl (C=O) groups is 1. The second kappa shape index (κ2) is 10.1. The molecule has 11 heteroatoms. The number of amides is 1. The monoisotopic (exact) mass is 514 g/mol. The molecule has 0 spiro atoms. The molecule has 0 fully saturated rings. The first-order valence-electron chi connectivity index (χ1n) is 10.9. The standard InChI is InChI=1S/C27H14N8O2S/c1-30-23-10-18(19-9-16(12-29)5-8-22(19)37-2)20(13-31-23)25(36)35-27-34-24-26(38-27)33-21(14-32-24)17-6-3-15(11-28)4-7-17/h3-10,13-14H,2H3,(H,32,34,35,36). The number of hydrogen-bond acceptors (Lipinski definition) is 9. The number of thiazole rings is 1. The lowest BCUT2D eigenvalue weighted by atomic mass is 9.98. The smallest absolute Gasteiger partial charge is 0.270 e. The highest BCUT2D eigenvalue weighted by Crippen LogP contribution is 2.35. The van der Waals surface area contributed by atoms with Crippen LogP contribution in [0.2, 0.25) is 0 Å². The van der Waals surface area contributed by atoms with Crippen molar-refractivity contribution in [2.45, 2.75) is 0 Å². The Balaban J connectivity index is 1.49. The van der Waals surface area contributed by atoms with Gasteiger partial charge in [0, 0.05) is 11.1 Å². The van der Waals surface area contributed by atoms with Crippen LogP contribution in [-0.4, -0.2) is 33.0 Å². The third kappa shape index (κ3) is 4.59. The van der Waals surface area contributed by atoms with E-state index in [1.54, 1.807) is 48.7 Å². The van der Waals surface area contributed by atoms with Gasteiger partial charge in [-0.05, 0) is 42.0 Å². The molecule has 1 N–H and O–H groups in total. The van der Waals surface area contributed by atoms with Gasteiger partial charge >= 0.3 is 0 Å². The fourth-order valence-electron chi connectivity index (χ4n) is 3.69. The van der Waals surface area contributed by atoms with E-state index in [2.05, 4.69) is 42.2 Å². The summed E-state index contributed by atoms with van der Waals surface area (Å²) < 4.78 is 5.44. The molecular formula is C27H14N8O2S. The van der Waals surface area contributed by atoms with Gasteiger partial charge in [0.25, 0.3) is 11.7 Å². The molecule has 0 radical (unpaired) electrons. The van der Waals surface area contributed by atoms with Crippen molar-refractivity contribution in [1.29, 1.82) is 10.5 Å². The molecule has 5 rings (SSSR count). The van der Waals surface area contributed by atoms with Crippen molar-refractivity contribution in [1.82, 2.24) is 19.9 Å². The van der Waals surface area contributed by atoms with E-state index < -0.39 is 5.91 Å². The molecule has 38 heavy (non-hydrogen) atoms. The molecule has 0 saturated carbocycles. The van der Waals surface area contributed by atoms with Crippen molar-refractivity contribution in [3.05, 3.63) is 89.0 Å². The van der Waals surface area contributed by atoms with Gasteiger partial charge < -0.3 is 9.58 Å². The van der Waals surface area contributed by atoms with Gasteiger partial charge in [0.15, 0.2) is 15.6 Å². The molecule has 0 atom stereocenters. The van der Waals surface area contributed by atoms with Crippen molar-refractivity contribution >= 4 is 38.7 Å². The summed E-state index contributed by atoms with van der Waals surface area (Å²) in [6.45, 7) is 7.34. The zero-order valence-corrected chi connectivity index (χ0v) is 20.4. The van der Waals surface area contributed by atoms with Crippen LogP contribution < -0.4 is 10.1 Å². The molecule has 5 aromatic rings. The van der Waals surface area contributed by atoms with E-state index in [4.69, 9.17) is 16.6 Å². The Hall–Kier alpha value is -5.70. The van der Waals surface area contributed by atoms with E-state index >= 15 is 0 Å². The minimum absolute atomic E-state index is 0.0877. The molecular weight excluding hydrogens is 500 g/mol. The topological polar surface area (TPSA) is 142 Å². The van der Waals surface area contributed by atoms with Gasteiger partial charge in [-0.2, -0.15) is 15.5 Å². The van der Waals surface area contributed by atoms with Crippen LogP contribution in [-0.2, 0) is 0 Å². The van der Waals surface area contributed by atoms with Crippen LogP contribution >= 0.6 is 11.3 Å². The van der Waals surface area contributed by atoms with Crippen LogP contribution in [0.1, 0.15) is 21.5 Å². The van der Waals surface area contributed by atoms with Crippen LogP contribution in [0.4, 0.5) is 10.9 Å². The lowest BCUT2D eigenvalue weighted by Gasteiger charge is -2.12. The van der Waals surface area contributed by atoms with Crippen molar-refractivity contribution < 1.29 is 9.53 Å². The van der Waals surface area contributed by atoms with Crippen LogP contribution in [0.25, 0.3) is 37.7 Å². The molecule has 0 aliphatic rings. The Labute approximate surface area is 220 Å². The maximum atomic E-state index is 13.4. The summed E-state index contributed by atoms with van der Waals surface area (Å²) in [6, 6.07) is 17.4. The maximum Gasteiger partial charge on any atom is 0.270 e. The molecule has 0 unspecified atom stereocenters. The first-order chi connectivity index (χ1) is 18.5. The number of ether oxygens (including phenoxy) is 1. The summed E-state index contributed by atoms with van der Waals surface area (Å²) in [5.41, 5.74) is 3.71. The average molecular weight is 515 g/mol. The molecule has 2 aromatic carbocycles. The molecule has 0 aliphatic heterocycles. The molecule has 0 saturated heterocycles. The summed E-state index contributed by atoms with van der Waals surface area (Å²) in [7, 11) is 1.48. The van der Waals surface area contributed by atoms with Gasteiger partial charge in [-0.1, -0.05) is 30.0 Å². The summed E-state index contributed by atoms with van der Waals surface area (Å²) in [5.74, 6) is 0.00778. The zero-order chi connectivity index (χ0) is 26.6. The van der Waals surface area contributed by atoms with E-state index in [1.165, 1.54) is 19.4 Å². The summed E-state index contributed by atoms with van der Waals surface area (Å²) in [5, 5.41) is 21.4. The quantitative estimate of drug-likeness (QED) is 0.309. The SMILES string of the molecule is [C-]#[N+]c1cc(-c2cc(C#N)ccc2OC)c(C(=O)Nc2nc3ncc(-c4ccc(C#N)cc4)nc3s2)cn1. The number of nitrogens with one attached hydrogen (secondary N) is 1. The predicted molar refractivity (Wildman–Crippen MR) is 141 cm³/mol. The first kappa shape index (κ1) is 24.0. The summed E-state index contributed by atoms with van der Waals surface area (Å²) >= 11 is 1.15. The number of nitriles is 2. The van der Waals surface area contributed by atoms with E-state index in [9.17, 15) is 10.1 Å². The van der Waals surface area contributed by atoms with E-state index in [1.807, 2.05) is 0 Å². The Morgan fingerprint density at radius 1 is 1.00 bits per heavy atom. The third-order valence-electron chi connectivity index (χ3n) is 5.52. The van der Waals surface area contributed by atoms with E-state index in [0.717, 1.165) is 16.9 Å². The largest absolute Gasteiger partial charge is 0.496 e. The lowest BCUT2D eigenvalue weighted by Crippen LogP contribution is -2.13. The molecule has 1 amide bonds. The van der Waals surface area contributed by atoms with Crippen molar-refractivity contribution in [2.24, 2.45) is 0 Å². The average Bonchev–Trinajstić information content (AvgIpc) is 3.37. The minimum atomic E-state index is -0.514. The highest BCUT2D eigenvalue weighted by atomic mass is 32.1. The normalized spacial score (nSPS) is 10.3.